The number of hydrogen-bond donors (Lipinski definition) is 1. The Labute approximate surface area is 194 Å². The van der Waals surface area contributed by atoms with Crippen LogP contribution < -0.4 is 26.5 Å². The molecule has 1 aliphatic rings. The van der Waals surface area contributed by atoms with Crippen molar-refractivity contribution in [2.45, 2.75) is 18.1 Å². The molecule has 1 fully saturated rings. The molecule has 32 heavy (non-hydrogen) atoms. The lowest BCUT2D eigenvalue weighted by molar-refractivity contribution is 0.672. The molecule has 0 aromatic heterocycles. The van der Waals surface area contributed by atoms with Gasteiger partial charge < -0.3 is 5.32 Å². The second-order valence-electron chi connectivity index (χ2n) is 8.32. The highest BCUT2D eigenvalue weighted by Gasteiger charge is 2.33. The van der Waals surface area contributed by atoms with Gasteiger partial charge in [0.05, 0.1) is 0 Å². The molecule has 3 heteroatoms. The van der Waals surface area contributed by atoms with Crippen LogP contribution in [0.4, 0.5) is 0 Å². The zero-order chi connectivity index (χ0) is 21.6. The van der Waals surface area contributed by atoms with Gasteiger partial charge in [0, 0.05) is 18.2 Å². The Morgan fingerprint density at radius 2 is 0.969 bits per heavy atom. The quantitative estimate of drug-likeness (QED) is 0.389. The zero-order valence-corrected chi connectivity index (χ0v) is 20.0. The van der Waals surface area contributed by atoms with Gasteiger partial charge in [-0.3, -0.25) is 0 Å². The van der Waals surface area contributed by atoms with E-state index >= 15 is 0 Å². The first-order chi connectivity index (χ1) is 15.9. The van der Waals surface area contributed by atoms with Crippen LogP contribution in [0.5, 0.6) is 0 Å². The Bertz CT molecular complexity index is 1010. The van der Waals surface area contributed by atoms with Crippen LogP contribution in [-0.2, 0) is 0 Å². The Balaban J connectivity index is 1.38. The summed E-state index contributed by atoms with van der Waals surface area (Å²) in [7, 11) is -0.731. The average molecular weight is 454 g/mol. The van der Waals surface area contributed by atoms with E-state index < -0.39 is 0 Å². The summed E-state index contributed by atoms with van der Waals surface area (Å²) in [6.07, 6.45) is 2.45. The second-order valence-corrected chi connectivity index (χ2v) is 13.1. The molecule has 0 amide bonds. The largest absolute Gasteiger partial charge is 0.313 e. The van der Waals surface area contributed by atoms with Gasteiger partial charge in [-0.2, -0.15) is 0 Å². The highest BCUT2D eigenvalue weighted by atomic mass is 31.1. The predicted octanol–water partition coefficient (Wildman–Crippen LogP) is 4.98. The minimum absolute atomic E-state index is 0.364. The number of nitrogens with one attached hydrogen (secondary N) is 1. The van der Waals surface area contributed by atoms with E-state index in [4.69, 9.17) is 0 Å². The maximum atomic E-state index is 3.93. The van der Waals surface area contributed by atoms with Crippen molar-refractivity contribution in [1.29, 1.82) is 0 Å². The first-order valence-electron chi connectivity index (χ1n) is 11.4. The first-order valence-corrected chi connectivity index (χ1v) is 14.3. The van der Waals surface area contributed by atoms with Crippen LogP contribution in [0.2, 0.25) is 0 Å². The van der Waals surface area contributed by atoms with Gasteiger partial charge in [-0.05, 0) is 49.6 Å². The van der Waals surface area contributed by atoms with Crippen LogP contribution in [0.15, 0.2) is 121 Å². The third-order valence-electron chi connectivity index (χ3n) is 6.17. The second kappa shape index (κ2) is 10.5. The summed E-state index contributed by atoms with van der Waals surface area (Å²) < 4.78 is 0. The SMILES string of the molecule is c1ccc(P(CC2CC(P(c3ccccc3)c3ccccc3)CN2)c2ccccc2)cc1. The van der Waals surface area contributed by atoms with Crippen molar-refractivity contribution in [3.63, 3.8) is 0 Å². The van der Waals surface area contributed by atoms with Crippen molar-refractivity contribution in [1.82, 2.24) is 5.32 Å². The number of benzene rings is 4. The number of rotatable bonds is 7. The molecule has 1 heterocycles. The smallest absolute Gasteiger partial charge is 0.0119 e. The van der Waals surface area contributed by atoms with Crippen molar-refractivity contribution in [3.8, 4) is 0 Å². The fraction of sp³-hybridized carbons (Fsp3) is 0.172. The molecule has 1 saturated heterocycles. The summed E-state index contributed by atoms with van der Waals surface area (Å²) in [5.74, 6) is 0. The van der Waals surface area contributed by atoms with E-state index in [1.165, 1.54) is 33.8 Å². The fourth-order valence-electron chi connectivity index (χ4n) is 4.68. The minimum atomic E-state index is -0.367. The van der Waals surface area contributed by atoms with Crippen molar-refractivity contribution in [2.24, 2.45) is 0 Å². The molecular weight excluding hydrogens is 424 g/mol. The molecule has 0 bridgehead atoms. The van der Waals surface area contributed by atoms with Gasteiger partial charge >= 0.3 is 0 Å². The fourth-order valence-corrected chi connectivity index (χ4v) is 10.1. The lowest BCUT2D eigenvalue weighted by Crippen LogP contribution is -2.28. The van der Waals surface area contributed by atoms with Gasteiger partial charge in [-0.25, -0.2) is 0 Å². The van der Waals surface area contributed by atoms with E-state index in [0.29, 0.717) is 11.7 Å². The van der Waals surface area contributed by atoms with Crippen molar-refractivity contribution < 1.29 is 0 Å². The maximum Gasteiger partial charge on any atom is 0.0119 e. The predicted molar refractivity (Wildman–Crippen MR) is 143 cm³/mol. The molecule has 160 valence electrons. The molecule has 4 aromatic rings. The average Bonchev–Trinajstić information content (AvgIpc) is 3.33. The summed E-state index contributed by atoms with van der Waals surface area (Å²) in [4.78, 5) is 0. The molecular formula is C29H29NP2. The highest BCUT2D eigenvalue weighted by molar-refractivity contribution is 7.74. The van der Waals surface area contributed by atoms with E-state index in [-0.39, 0.29) is 15.8 Å². The van der Waals surface area contributed by atoms with Crippen LogP contribution in [-0.4, -0.2) is 24.4 Å². The molecule has 0 aliphatic carbocycles. The van der Waals surface area contributed by atoms with Crippen LogP contribution in [0.3, 0.4) is 0 Å². The maximum absolute atomic E-state index is 3.93. The van der Waals surface area contributed by atoms with E-state index in [9.17, 15) is 0 Å². The Kier molecular flexibility index (Phi) is 7.10. The first kappa shape index (κ1) is 21.5. The highest BCUT2D eigenvalue weighted by Crippen LogP contribution is 2.45. The normalized spacial score (nSPS) is 18.3. The molecule has 2 unspecified atom stereocenters. The van der Waals surface area contributed by atoms with Crippen LogP contribution >= 0.6 is 15.8 Å². The van der Waals surface area contributed by atoms with E-state index in [0.717, 1.165) is 6.54 Å². The molecule has 0 saturated carbocycles. The summed E-state index contributed by atoms with van der Waals surface area (Å²) in [6, 6.07) is 45.1. The van der Waals surface area contributed by atoms with Gasteiger partial charge in [0.1, 0.15) is 0 Å². The third kappa shape index (κ3) is 5.02. The molecule has 0 spiro atoms. The van der Waals surface area contributed by atoms with Crippen molar-refractivity contribution in [3.05, 3.63) is 121 Å². The molecule has 4 aromatic carbocycles. The van der Waals surface area contributed by atoms with E-state index in [2.05, 4.69) is 127 Å². The van der Waals surface area contributed by atoms with Gasteiger partial charge in [-0.15, -0.1) is 0 Å². The van der Waals surface area contributed by atoms with Crippen LogP contribution in [0, 0.1) is 0 Å². The summed E-state index contributed by atoms with van der Waals surface area (Å²) in [6.45, 7) is 1.10. The third-order valence-corrected chi connectivity index (χ3v) is 11.7. The van der Waals surface area contributed by atoms with Gasteiger partial charge in [-0.1, -0.05) is 121 Å². The molecule has 5 rings (SSSR count). The summed E-state index contributed by atoms with van der Waals surface area (Å²) in [5, 5.41) is 9.88. The van der Waals surface area contributed by atoms with Gasteiger partial charge in [0.2, 0.25) is 0 Å². The lowest BCUT2D eigenvalue weighted by atomic mass is 10.2. The Morgan fingerprint density at radius 3 is 1.41 bits per heavy atom. The van der Waals surface area contributed by atoms with E-state index in [1.54, 1.807) is 0 Å². The minimum Gasteiger partial charge on any atom is -0.313 e. The standard InChI is InChI=1S/C29H29NP2/c1-5-13-25(14-6-1)31(26-15-7-2-8-16-26)23-24-21-29(22-30-24)32(27-17-9-3-10-18-27)28-19-11-4-12-20-28/h1-20,24,29-30H,21-23H2. The van der Waals surface area contributed by atoms with Crippen LogP contribution in [0.1, 0.15) is 6.42 Å². The topological polar surface area (TPSA) is 12.0 Å². The molecule has 1 nitrogen and oxygen atoms in total. The molecule has 0 radical (unpaired) electrons. The lowest BCUT2D eigenvalue weighted by Gasteiger charge is -2.26. The van der Waals surface area contributed by atoms with E-state index in [1.807, 2.05) is 0 Å². The summed E-state index contributed by atoms with van der Waals surface area (Å²) in [5.41, 5.74) is 0.670. The Morgan fingerprint density at radius 1 is 0.562 bits per heavy atom. The number of hydrogen-bond acceptors (Lipinski definition) is 1. The molecule has 2 atom stereocenters. The van der Waals surface area contributed by atoms with Crippen molar-refractivity contribution in [2.75, 3.05) is 12.7 Å². The van der Waals surface area contributed by atoms with Crippen molar-refractivity contribution >= 4 is 37.1 Å². The van der Waals surface area contributed by atoms with Gasteiger partial charge in [0.15, 0.2) is 0 Å². The Hall–Kier alpha value is -2.30. The van der Waals surface area contributed by atoms with Crippen LogP contribution in [0.25, 0.3) is 0 Å². The molecule has 1 aliphatic heterocycles. The zero-order valence-electron chi connectivity index (χ0n) is 18.2. The summed E-state index contributed by atoms with van der Waals surface area (Å²) >= 11 is 0. The van der Waals surface area contributed by atoms with Gasteiger partial charge in [0.25, 0.3) is 0 Å². The molecule has 1 N–H and O–H groups in total. The monoisotopic (exact) mass is 453 g/mol.